The van der Waals surface area contributed by atoms with E-state index < -0.39 is 6.10 Å². The maximum atomic E-state index is 9.14. The van der Waals surface area contributed by atoms with E-state index in [1.54, 1.807) is 7.11 Å². The summed E-state index contributed by atoms with van der Waals surface area (Å²) < 4.78 is 15.8. The predicted molar refractivity (Wildman–Crippen MR) is 68.6 cm³/mol. The van der Waals surface area contributed by atoms with Gasteiger partial charge in [0.2, 0.25) is 0 Å². The van der Waals surface area contributed by atoms with Crippen LogP contribution < -0.4 is 10.5 Å². The fourth-order valence-electron chi connectivity index (χ4n) is 1.49. The second-order valence-electron chi connectivity index (χ2n) is 3.87. The number of hydrogen-bond acceptors (Lipinski definition) is 5. The van der Waals surface area contributed by atoms with Crippen LogP contribution in [0, 0.1) is 0 Å². The second-order valence-corrected chi connectivity index (χ2v) is 3.87. The molecule has 0 heterocycles. The van der Waals surface area contributed by atoms with Crippen LogP contribution in [-0.4, -0.2) is 50.8 Å². The summed E-state index contributed by atoms with van der Waals surface area (Å²) in [5, 5.41) is 9.14. The molecular formula is C13H21NO4. The topological polar surface area (TPSA) is 73.9 Å². The third kappa shape index (κ3) is 5.46. The quantitative estimate of drug-likeness (QED) is 0.625. The Kier molecular flexibility index (Phi) is 7.36. The summed E-state index contributed by atoms with van der Waals surface area (Å²) in [6.07, 6.45) is -0.427. The Balaban J connectivity index is 2.19. The Morgan fingerprint density at radius 3 is 2.56 bits per heavy atom. The predicted octanol–water partition coefficient (Wildman–Crippen LogP) is 0.417. The van der Waals surface area contributed by atoms with E-state index in [2.05, 4.69) is 0 Å². The van der Waals surface area contributed by atoms with Crippen LogP contribution in [0.15, 0.2) is 30.3 Å². The number of para-hydroxylation sites is 1. The summed E-state index contributed by atoms with van der Waals surface area (Å²) in [7, 11) is 1.56. The van der Waals surface area contributed by atoms with Gasteiger partial charge in [-0.15, -0.1) is 0 Å². The fraction of sp³-hybridized carbons (Fsp3) is 0.538. The number of hydrogen-bond donors (Lipinski definition) is 2. The minimum Gasteiger partial charge on any atom is -0.491 e. The molecule has 5 nitrogen and oxygen atoms in total. The molecule has 0 amide bonds. The van der Waals surface area contributed by atoms with Crippen molar-refractivity contribution in [2.24, 2.45) is 5.73 Å². The number of methoxy groups -OCH3 is 1. The van der Waals surface area contributed by atoms with Crippen LogP contribution in [0.1, 0.15) is 0 Å². The molecule has 0 bridgehead atoms. The second kappa shape index (κ2) is 8.88. The van der Waals surface area contributed by atoms with Crippen LogP contribution in [0.25, 0.3) is 0 Å². The molecule has 0 saturated carbocycles. The van der Waals surface area contributed by atoms with Crippen molar-refractivity contribution in [3.05, 3.63) is 30.3 Å². The minimum absolute atomic E-state index is 0.129. The third-order valence-corrected chi connectivity index (χ3v) is 2.44. The molecule has 1 aromatic rings. The van der Waals surface area contributed by atoms with Crippen molar-refractivity contribution in [1.29, 1.82) is 0 Å². The molecule has 0 saturated heterocycles. The number of ether oxygens (including phenoxy) is 3. The van der Waals surface area contributed by atoms with Gasteiger partial charge in [-0.3, -0.25) is 0 Å². The Bertz CT molecular complexity index is 307. The van der Waals surface area contributed by atoms with E-state index in [4.69, 9.17) is 25.1 Å². The molecule has 18 heavy (non-hydrogen) atoms. The van der Waals surface area contributed by atoms with E-state index in [-0.39, 0.29) is 12.6 Å². The van der Waals surface area contributed by atoms with Crippen molar-refractivity contribution in [3.8, 4) is 5.75 Å². The van der Waals surface area contributed by atoms with E-state index >= 15 is 0 Å². The van der Waals surface area contributed by atoms with Gasteiger partial charge in [0, 0.05) is 7.11 Å². The molecule has 0 aliphatic heterocycles. The highest BCUT2D eigenvalue weighted by Gasteiger charge is 2.17. The van der Waals surface area contributed by atoms with Crippen molar-refractivity contribution in [2.75, 3.05) is 33.5 Å². The lowest BCUT2D eigenvalue weighted by Gasteiger charge is -2.21. The van der Waals surface area contributed by atoms with E-state index in [0.29, 0.717) is 19.8 Å². The molecule has 1 rings (SSSR count). The van der Waals surface area contributed by atoms with Gasteiger partial charge in [-0.1, -0.05) is 18.2 Å². The molecule has 5 heteroatoms. The van der Waals surface area contributed by atoms with Crippen molar-refractivity contribution in [3.63, 3.8) is 0 Å². The molecule has 2 unspecified atom stereocenters. The van der Waals surface area contributed by atoms with Gasteiger partial charge in [-0.2, -0.15) is 0 Å². The Hall–Kier alpha value is -1.14. The third-order valence-electron chi connectivity index (χ3n) is 2.44. The van der Waals surface area contributed by atoms with Crippen LogP contribution in [-0.2, 0) is 9.47 Å². The number of nitrogens with two attached hydrogens (primary N) is 1. The summed E-state index contributed by atoms with van der Waals surface area (Å²) >= 11 is 0. The van der Waals surface area contributed by atoms with Crippen LogP contribution >= 0.6 is 0 Å². The van der Waals surface area contributed by atoms with Gasteiger partial charge in [-0.05, 0) is 12.1 Å². The Labute approximate surface area is 107 Å². The highest BCUT2D eigenvalue weighted by Crippen LogP contribution is 2.08. The van der Waals surface area contributed by atoms with Crippen LogP contribution in [0.5, 0.6) is 5.75 Å². The molecule has 0 spiro atoms. The first-order chi connectivity index (χ1) is 8.77. The zero-order chi connectivity index (χ0) is 13.2. The maximum Gasteiger partial charge on any atom is 0.119 e. The average Bonchev–Trinajstić information content (AvgIpc) is 2.40. The molecule has 1 aromatic carbocycles. The lowest BCUT2D eigenvalue weighted by atomic mass is 10.2. The summed E-state index contributed by atoms with van der Waals surface area (Å²) in [5.41, 5.74) is 5.78. The molecule has 3 N–H and O–H groups in total. The van der Waals surface area contributed by atoms with E-state index in [9.17, 15) is 0 Å². The summed E-state index contributed by atoms with van der Waals surface area (Å²) in [4.78, 5) is 0. The lowest BCUT2D eigenvalue weighted by Crippen LogP contribution is -2.43. The molecule has 0 aromatic heterocycles. The smallest absolute Gasteiger partial charge is 0.119 e. The summed E-state index contributed by atoms with van der Waals surface area (Å²) in [6, 6.07) is 9.15. The van der Waals surface area contributed by atoms with Gasteiger partial charge in [0.1, 0.15) is 12.4 Å². The highest BCUT2D eigenvalue weighted by molar-refractivity contribution is 5.20. The van der Waals surface area contributed by atoms with Crippen molar-refractivity contribution < 1.29 is 19.3 Å². The number of rotatable bonds is 9. The zero-order valence-corrected chi connectivity index (χ0v) is 10.6. The fourth-order valence-corrected chi connectivity index (χ4v) is 1.49. The van der Waals surface area contributed by atoms with Crippen molar-refractivity contribution in [1.82, 2.24) is 0 Å². The lowest BCUT2D eigenvalue weighted by molar-refractivity contribution is -0.0269. The van der Waals surface area contributed by atoms with Gasteiger partial charge in [0.15, 0.2) is 0 Å². The molecule has 0 radical (unpaired) electrons. The van der Waals surface area contributed by atoms with Crippen LogP contribution in [0.4, 0.5) is 0 Å². The molecular weight excluding hydrogens is 234 g/mol. The zero-order valence-electron chi connectivity index (χ0n) is 10.6. The summed E-state index contributed by atoms with van der Waals surface area (Å²) in [6.45, 7) is 1.01. The number of benzene rings is 1. The van der Waals surface area contributed by atoms with Gasteiger partial charge in [0.25, 0.3) is 0 Å². The van der Waals surface area contributed by atoms with Gasteiger partial charge in [-0.25, -0.2) is 0 Å². The maximum absolute atomic E-state index is 9.14. The van der Waals surface area contributed by atoms with Crippen molar-refractivity contribution in [2.45, 2.75) is 12.1 Å². The largest absolute Gasteiger partial charge is 0.491 e. The Morgan fingerprint density at radius 1 is 1.22 bits per heavy atom. The first-order valence-electron chi connectivity index (χ1n) is 5.92. The minimum atomic E-state index is -0.427. The molecule has 0 aliphatic carbocycles. The van der Waals surface area contributed by atoms with Gasteiger partial charge < -0.3 is 25.1 Å². The van der Waals surface area contributed by atoms with Crippen LogP contribution in [0.3, 0.4) is 0 Å². The molecule has 0 fully saturated rings. The summed E-state index contributed by atoms with van der Waals surface area (Å²) in [5.74, 6) is 0.794. The highest BCUT2D eigenvalue weighted by atomic mass is 16.5. The first-order valence-corrected chi connectivity index (χ1v) is 5.92. The van der Waals surface area contributed by atoms with Crippen LogP contribution in [0.2, 0.25) is 0 Å². The standard InChI is InChI=1S/C13H21NO4/c1-16-10-12(14)13(9-15)18-8-7-17-11-5-3-2-4-6-11/h2-6,12-13,15H,7-10,14H2,1H3. The molecule has 102 valence electrons. The molecule has 2 atom stereocenters. The normalized spacial score (nSPS) is 14.2. The first kappa shape index (κ1) is 14.9. The SMILES string of the molecule is COCC(N)C(CO)OCCOc1ccccc1. The number of aliphatic hydroxyl groups excluding tert-OH is 1. The average molecular weight is 255 g/mol. The monoisotopic (exact) mass is 255 g/mol. The van der Waals surface area contributed by atoms with E-state index in [1.165, 1.54) is 0 Å². The van der Waals surface area contributed by atoms with Crippen molar-refractivity contribution >= 4 is 0 Å². The van der Waals surface area contributed by atoms with E-state index in [0.717, 1.165) is 5.75 Å². The van der Waals surface area contributed by atoms with Gasteiger partial charge >= 0.3 is 0 Å². The van der Waals surface area contributed by atoms with E-state index in [1.807, 2.05) is 30.3 Å². The number of aliphatic hydroxyl groups is 1. The Morgan fingerprint density at radius 2 is 1.94 bits per heavy atom. The molecule has 0 aliphatic rings. The van der Waals surface area contributed by atoms with Gasteiger partial charge in [0.05, 0.1) is 32.0 Å².